The molecular weight excluding hydrogens is 302 g/mol. The molecule has 2 aliphatic rings. The lowest BCUT2D eigenvalue weighted by Crippen LogP contribution is -2.37. The minimum Gasteiger partial charge on any atom is -0.486 e. The molecule has 1 N–H and O–H groups in total. The Morgan fingerprint density at radius 3 is 2.65 bits per heavy atom. The molecule has 1 aromatic rings. The van der Waals surface area contributed by atoms with Crippen LogP contribution in [-0.2, 0) is 14.8 Å². The third-order valence-corrected chi connectivity index (χ3v) is 5.53. The minimum atomic E-state index is -3.73. The van der Waals surface area contributed by atoms with E-state index in [9.17, 15) is 13.2 Å². The van der Waals surface area contributed by atoms with Crippen LogP contribution in [-0.4, -0.2) is 38.5 Å². The lowest BCUT2D eigenvalue weighted by atomic mass is 10.3. The van der Waals surface area contributed by atoms with Gasteiger partial charge in [0.25, 0.3) is 0 Å². The first-order valence-electron chi connectivity index (χ1n) is 6.15. The van der Waals surface area contributed by atoms with Crippen molar-refractivity contribution >= 4 is 26.9 Å². The summed E-state index contributed by atoms with van der Waals surface area (Å²) in [5, 5.41) is -0.133. The Bertz CT molecular complexity index is 643. The van der Waals surface area contributed by atoms with Crippen LogP contribution in [0.15, 0.2) is 23.1 Å². The number of rotatable bonds is 3. The van der Waals surface area contributed by atoms with Crippen molar-refractivity contribution in [3.63, 3.8) is 0 Å². The highest BCUT2D eigenvalue weighted by Gasteiger charge is 2.30. The third-order valence-electron chi connectivity index (χ3n) is 3.06. The molecule has 1 saturated heterocycles. The molecule has 1 aromatic carbocycles. The van der Waals surface area contributed by atoms with Crippen molar-refractivity contribution in [2.75, 3.05) is 19.0 Å². The van der Waals surface area contributed by atoms with Gasteiger partial charge >= 0.3 is 0 Å². The molecule has 1 atom stereocenters. The first kappa shape index (κ1) is 13.7. The van der Waals surface area contributed by atoms with E-state index in [1.807, 2.05) is 0 Å². The van der Waals surface area contributed by atoms with E-state index < -0.39 is 16.1 Å². The second kappa shape index (κ2) is 5.27. The van der Waals surface area contributed by atoms with Crippen molar-refractivity contribution < 1.29 is 22.7 Å². The molecule has 0 radical (unpaired) electrons. The summed E-state index contributed by atoms with van der Waals surface area (Å²) in [6, 6.07) is 3.79. The number of hydrogen-bond donors (Lipinski definition) is 1. The number of nitrogens with one attached hydrogen (secondary N) is 1. The smallest absolute Gasteiger partial charge is 0.241 e. The summed E-state index contributed by atoms with van der Waals surface area (Å²) in [6.07, 6.45) is 0.521. The standard InChI is InChI=1S/C12H13NO5S2/c14-12-9(3-6-19-12)13-20(15,16)8-1-2-10-11(7-8)18-5-4-17-10/h1-2,7,9,13H,3-6H2/t9-/m1/s1. The van der Waals surface area contributed by atoms with Gasteiger partial charge in [-0.05, 0) is 18.6 Å². The molecule has 20 heavy (non-hydrogen) atoms. The molecule has 0 aliphatic carbocycles. The van der Waals surface area contributed by atoms with Crippen molar-refractivity contribution in [1.29, 1.82) is 0 Å². The zero-order valence-electron chi connectivity index (χ0n) is 10.5. The second-order valence-electron chi connectivity index (χ2n) is 4.44. The van der Waals surface area contributed by atoms with Crippen molar-refractivity contribution in [3.8, 4) is 11.5 Å². The molecule has 2 heterocycles. The number of ether oxygens (including phenoxy) is 2. The van der Waals surface area contributed by atoms with E-state index in [1.165, 1.54) is 12.1 Å². The summed E-state index contributed by atoms with van der Waals surface area (Å²) in [6.45, 7) is 0.840. The van der Waals surface area contributed by atoms with Gasteiger partial charge in [0.2, 0.25) is 15.1 Å². The highest BCUT2D eigenvalue weighted by molar-refractivity contribution is 8.14. The lowest BCUT2D eigenvalue weighted by Gasteiger charge is -2.19. The average molecular weight is 315 g/mol. The Morgan fingerprint density at radius 1 is 1.20 bits per heavy atom. The van der Waals surface area contributed by atoms with E-state index in [0.717, 1.165) is 11.8 Å². The highest BCUT2D eigenvalue weighted by atomic mass is 32.2. The molecule has 1 fully saturated rings. The number of carbonyl (C=O) groups is 1. The zero-order valence-corrected chi connectivity index (χ0v) is 12.1. The molecule has 2 aliphatic heterocycles. The Hall–Kier alpha value is -1.25. The summed E-state index contributed by atoms with van der Waals surface area (Å²) in [4.78, 5) is 11.6. The number of carbonyl (C=O) groups excluding carboxylic acids is 1. The predicted molar refractivity (Wildman–Crippen MR) is 73.6 cm³/mol. The Labute approximate surface area is 120 Å². The number of thioether (sulfide) groups is 1. The Kier molecular flexibility index (Phi) is 3.61. The fourth-order valence-electron chi connectivity index (χ4n) is 2.05. The number of sulfonamides is 1. The van der Waals surface area contributed by atoms with Gasteiger partial charge in [-0.3, -0.25) is 4.79 Å². The van der Waals surface area contributed by atoms with Crippen molar-refractivity contribution in [2.45, 2.75) is 17.4 Å². The normalized spacial score (nSPS) is 22.0. The van der Waals surface area contributed by atoms with Gasteiger partial charge in [-0.2, -0.15) is 4.72 Å². The van der Waals surface area contributed by atoms with E-state index in [0.29, 0.717) is 36.9 Å². The first-order chi connectivity index (χ1) is 9.56. The maximum Gasteiger partial charge on any atom is 0.241 e. The van der Waals surface area contributed by atoms with E-state index in [-0.39, 0.29) is 10.0 Å². The maximum absolute atomic E-state index is 12.3. The largest absolute Gasteiger partial charge is 0.486 e. The van der Waals surface area contributed by atoms with Gasteiger partial charge in [-0.1, -0.05) is 11.8 Å². The van der Waals surface area contributed by atoms with Crippen molar-refractivity contribution in [1.82, 2.24) is 4.72 Å². The SMILES string of the molecule is O=C1SCC[C@H]1NS(=O)(=O)c1ccc2c(c1)OCCO2. The topological polar surface area (TPSA) is 81.7 Å². The van der Waals surface area contributed by atoms with Crippen LogP contribution in [0, 0.1) is 0 Å². The summed E-state index contributed by atoms with van der Waals surface area (Å²) in [5.41, 5.74) is 0. The van der Waals surface area contributed by atoms with Crippen molar-refractivity contribution in [3.05, 3.63) is 18.2 Å². The van der Waals surface area contributed by atoms with E-state index in [1.54, 1.807) is 6.07 Å². The molecule has 0 bridgehead atoms. The molecule has 8 heteroatoms. The highest BCUT2D eigenvalue weighted by Crippen LogP contribution is 2.32. The third kappa shape index (κ3) is 2.63. The maximum atomic E-state index is 12.3. The molecular formula is C12H13NO5S2. The Balaban J connectivity index is 1.85. The first-order valence-corrected chi connectivity index (χ1v) is 8.62. The van der Waals surface area contributed by atoms with Gasteiger partial charge in [0.05, 0.1) is 10.9 Å². The van der Waals surface area contributed by atoms with Gasteiger partial charge < -0.3 is 9.47 Å². The predicted octanol–water partition coefficient (Wildman–Crippen LogP) is 0.768. The summed E-state index contributed by atoms with van der Waals surface area (Å²) < 4.78 is 37.6. The number of hydrogen-bond acceptors (Lipinski definition) is 6. The zero-order chi connectivity index (χ0) is 14.2. The number of benzene rings is 1. The van der Waals surface area contributed by atoms with Gasteiger partial charge in [0.1, 0.15) is 13.2 Å². The van der Waals surface area contributed by atoms with E-state index in [2.05, 4.69) is 4.72 Å². The molecule has 0 amide bonds. The molecule has 0 unspecified atom stereocenters. The van der Waals surface area contributed by atoms with Crippen molar-refractivity contribution in [2.24, 2.45) is 0 Å². The molecule has 0 spiro atoms. The van der Waals surface area contributed by atoms with E-state index >= 15 is 0 Å². The monoisotopic (exact) mass is 315 g/mol. The fourth-order valence-corrected chi connectivity index (χ4v) is 4.30. The van der Waals surface area contributed by atoms with Crippen LogP contribution in [0.4, 0.5) is 0 Å². The molecule has 6 nitrogen and oxygen atoms in total. The van der Waals surface area contributed by atoms with E-state index in [4.69, 9.17) is 9.47 Å². The molecule has 108 valence electrons. The van der Waals surface area contributed by atoms with Gasteiger partial charge in [0, 0.05) is 11.8 Å². The average Bonchev–Trinajstić information content (AvgIpc) is 2.83. The van der Waals surface area contributed by atoms with Crippen LogP contribution in [0.1, 0.15) is 6.42 Å². The van der Waals surface area contributed by atoms with Crippen LogP contribution in [0.5, 0.6) is 11.5 Å². The van der Waals surface area contributed by atoms with Gasteiger partial charge in [-0.25, -0.2) is 8.42 Å². The van der Waals surface area contributed by atoms with Crippen LogP contribution in [0.3, 0.4) is 0 Å². The van der Waals surface area contributed by atoms with Gasteiger partial charge in [-0.15, -0.1) is 0 Å². The Morgan fingerprint density at radius 2 is 1.95 bits per heavy atom. The van der Waals surface area contributed by atoms with Crippen LogP contribution >= 0.6 is 11.8 Å². The minimum absolute atomic E-state index is 0.0754. The van der Waals surface area contributed by atoms with Crippen LogP contribution in [0.2, 0.25) is 0 Å². The van der Waals surface area contributed by atoms with Crippen LogP contribution < -0.4 is 14.2 Å². The molecule has 0 saturated carbocycles. The molecule has 0 aromatic heterocycles. The molecule has 3 rings (SSSR count). The summed E-state index contributed by atoms with van der Waals surface area (Å²) in [5.74, 6) is 1.58. The summed E-state index contributed by atoms with van der Waals surface area (Å²) >= 11 is 1.15. The summed E-state index contributed by atoms with van der Waals surface area (Å²) in [7, 11) is -3.73. The number of fused-ring (bicyclic) bond motifs is 1. The fraction of sp³-hybridized carbons (Fsp3) is 0.417. The van der Waals surface area contributed by atoms with Crippen LogP contribution in [0.25, 0.3) is 0 Å². The van der Waals surface area contributed by atoms with Gasteiger partial charge in [0.15, 0.2) is 11.5 Å². The quantitative estimate of drug-likeness (QED) is 0.887. The lowest BCUT2D eigenvalue weighted by molar-refractivity contribution is -0.111. The second-order valence-corrected chi connectivity index (χ2v) is 7.25.